The highest BCUT2D eigenvalue weighted by atomic mass is 16.5. The molecule has 1 amide bonds. The molecule has 0 bridgehead atoms. The predicted octanol–water partition coefficient (Wildman–Crippen LogP) is -0.151. The average molecular weight is 360 g/mol. The van der Waals surface area contributed by atoms with E-state index in [-0.39, 0.29) is 5.91 Å². The van der Waals surface area contributed by atoms with Gasteiger partial charge in [-0.1, -0.05) is 12.1 Å². The van der Waals surface area contributed by atoms with E-state index in [1.54, 1.807) is 36.5 Å². The molecule has 0 saturated carbocycles. The van der Waals surface area contributed by atoms with E-state index in [9.17, 15) is 25.2 Å². The highest BCUT2D eigenvalue weighted by Gasteiger charge is 2.43. The summed E-state index contributed by atoms with van der Waals surface area (Å²) in [6.07, 6.45) is -3.19. The molecule has 5 N–H and O–H groups in total. The molecule has 1 aromatic carbocycles. The Morgan fingerprint density at radius 1 is 1.12 bits per heavy atom. The summed E-state index contributed by atoms with van der Waals surface area (Å²) in [4.78, 5) is 16.3. The second kappa shape index (κ2) is 7.90. The second-order valence-corrected chi connectivity index (χ2v) is 6.07. The van der Waals surface area contributed by atoms with Crippen LogP contribution in [-0.2, 0) is 4.74 Å². The van der Waals surface area contributed by atoms with Gasteiger partial charge in [0.25, 0.3) is 5.91 Å². The summed E-state index contributed by atoms with van der Waals surface area (Å²) in [6, 6.07) is 9.77. The van der Waals surface area contributed by atoms with Gasteiger partial charge in [0, 0.05) is 11.8 Å². The van der Waals surface area contributed by atoms with Crippen molar-refractivity contribution >= 4 is 11.6 Å². The van der Waals surface area contributed by atoms with Crippen LogP contribution in [0.4, 0.5) is 5.69 Å². The van der Waals surface area contributed by atoms with Crippen molar-refractivity contribution in [2.45, 2.75) is 30.5 Å². The maximum Gasteiger partial charge on any atom is 0.255 e. The van der Waals surface area contributed by atoms with Gasteiger partial charge in [0.1, 0.15) is 30.5 Å². The summed E-state index contributed by atoms with van der Waals surface area (Å²) in [5.74, 6) is -0.371. The number of carbonyl (C=O) groups is 1. The number of hydrogen-bond acceptors (Lipinski definition) is 7. The van der Waals surface area contributed by atoms with Crippen molar-refractivity contribution in [2.24, 2.45) is 0 Å². The maximum atomic E-state index is 12.4. The maximum absolute atomic E-state index is 12.4. The monoisotopic (exact) mass is 360 g/mol. The molecule has 2 heterocycles. The minimum Gasteiger partial charge on any atom is -0.394 e. The number of aromatic nitrogens is 1. The van der Waals surface area contributed by atoms with Crippen LogP contribution in [0.1, 0.15) is 22.0 Å². The Morgan fingerprint density at radius 2 is 1.92 bits per heavy atom. The molecule has 1 aliphatic heterocycles. The Bertz CT molecular complexity index is 754. The van der Waals surface area contributed by atoms with Gasteiger partial charge in [-0.15, -0.1) is 0 Å². The lowest BCUT2D eigenvalue weighted by Gasteiger charge is -2.40. The number of nitrogens with one attached hydrogen (secondary N) is 1. The van der Waals surface area contributed by atoms with Crippen LogP contribution < -0.4 is 5.32 Å². The zero-order valence-corrected chi connectivity index (χ0v) is 13.8. The van der Waals surface area contributed by atoms with Crippen molar-refractivity contribution in [3.05, 3.63) is 59.9 Å². The summed E-state index contributed by atoms with van der Waals surface area (Å²) in [5.41, 5.74) is 1.31. The van der Waals surface area contributed by atoms with Crippen molar-refractivity contribution in [3.8, 4) is 0 Å². The van der Waals surface area contributed by atoms with Crippen LogP contribution >= 0.6 is 0 Å². The van der Waals surface area contributed by atoms with E-state index in [1.165, 1.54) is 12.3 Å². The Kier molecular flexibility index (Phi) is 5.60. The first-order valence-electron chi connectivity index (χ1n) is 8.13. The quantitative estimate of drug-likeness (QED) is 0.512. The van der Waals surface area contributed by atoms with Crippen molar-refractivity contribution < 1.29 is 30.0 Å². The molecule has 2 aromatic rings. The first kappa shape index (κ1) is 18.4. The molecule has 3 rings (SSSR count). The highest BCUT2D eigenvalue weighted by molar-refractivity contribution is 6.04. The number of aliphatic hydroxyl groups excluding tert-OH is 4. The van der Waals surface area contributed by atoms with Gasteiger partial charge < -0.3 is 30.5 Å². The van der Waals surface area contributed by atoms with E-state index >= 15 is 0 Å². The first-order valence-corrected chi connectivity index (χ1v) is 8.13. The standard InChI is InChI=1S/C18H20N2O6/c21-9-13-14(22)15(23)16(24)17(26-13)10-3-1-4-11(7-10)18(25)20-12-5-2-6-19-8-12/h1-8,13-17,21-24H,9H2,(H,20,25)/t13-,14-,15+,16-,17-/m1/s1. The molecular weight excluding hydrogens is 340 g/mol. The normalized spacial score (nSPS) is 28.5. The molecule has 0 unspecified atom stereocenters. The van der Waals surface area contributed by atoms with Crippen LogP contribution in [0.5, 0.6) is 0 Å². The van der Waals surface area contributed by atoms with Crippen LogP contribution in [0, 0.1) is 0 Å². The van der Waals surface area contributed by atoms with Crippen molar-refractivity contribution in [3.63, 3.8) is 0 Å². The van der Waals surface area contributed by atoms with Crippen molar-refractivity contribution in [1.29, 1.82) is 0 Å². The topological polar surface area (TPSA) is 132 Å². The first-order chi connectivity index (χ1) is 12.5. The van der Waals surface area contributed by atoms with Gasteiger partial charge in [-0.3, -0.25) is 9.78 Å². The van der Waals surface area contributed by atoms with Gasteiger partial charge >= 0.3 is 0 Å². The van der Waals surface area contributed by atoms with Crippen LogP contribution in [0.2, 0.25) is 0 Å². The van der Waals surface area contributed by atoms with Crippen molar-refractivity contribution in [2.75, 3.05) is 11.9 Å². The fourth-order valence-electron chi connectivity index (χ4n) is 2.87. The number of nitrogens with zero attached hydrogens (tertiary/aromatic N) is 1. The van der Waals surface area contributed by atoms with E-state index in [0.717, 1.165) is 0 Å². The summed E-state index contributed by atoms with van der Waals surface area (Å²) < 4.78 is 5.52. The largest absolute Gasteiger partial charge is 0.394 e. The second-order valence-electron chi connectivity index (χ2n) is 6.07. The lowest BCUT2D eigenvalue weighted by molar-refractivity contribution is -0.231. The Labute approximate surface area is 149 Å². The minimum absolute atomic E-state index is 0.323. The van der Waals surface area contributed by atoms with E-state index in [0.29, 0.717) is 16.8 Å². The fraction of sp³-hybridized carbons (Fsp3) is 0.333. The summed E-state index contributed by atoms with van der Waals surface area (Å²) >= 11 is 0. The van der Waals surface area contributed by atoms with E-state index in [4.69, 9.17) is 4.74 Å². The minimum atomic E-state index is -1.47. The van der Waals surface area contributed by atoms with E-state index < -0.39 is 37.1 Å². The molecule has 1 aromatic heterocycles. The molecule has 1 fully saturated rings. The number of benzene rings is 1. The Hall–Kier alpha value is -2.36. The molecule has 8 heteroatoms. The number of aliphatic hydroxyl groups is 4. The number of pyridine rings is 1. The summed E-state index contributed by atoms with van der Waals surface area (Å²) in [7, 11) is 0. The number of carbonyl (C=O) groups excluding carboxylic acids is 1. The molecule has 5 atom stereocenters. The number of anilines is 1. The zero-order chi connectivity index (χ0) is 18.7. The smallest absolute Gasteiger partial charge is 0.255 e. The molecular formula is C18H20N2O6. The van der Waals surface area contributed by atoms with E-state index in [2.05, 4.69) is 10.3 Å². The van der Waals surface area contributed by atoms with E-state index in [1.807, 2.05) is 0 Å². The SMILES string of the molecule is O=C(Nc1cccnc1)c1cccc([C@H]2O[C@H](CO)[C@@H](O)[C@H](O)[C@H]2O)c1. The van der Waals surface area contributed by atoms with Gasteiger partial charge in [-0.25, -0.2) is 0 Å². The average Bonchev–Trinajstić information content (AvgIpc) is 2.67. The molecule has 1 saturated heterocycles. The molecule has 0 spiro atoms. The zero-order valence-electron chi connectivity index (χ0n) is 13.8. The lowest BCUT2D eigenvalue weighted by Crippen LogP contribution is -2.55. The molecule has 0 aliphatic carbocycles. The Morgan fingerprint density at radius 3 is 2.62 bits per heavy atom. The number of ether oxygens (including phenoxy) is 1. The molecule has 0 radical (unpaired) electrons. The van der Waals surface area contributed by atoms with Crippen molar-refractivity contribution in [1.82, 2.24) is 4.98 Å². The van der Waals surface area contributed by atoms with Gasteiger partial charge in [-0.05, 0) is 29.8 Å². The molecule has 138 valence electrons. The number of hydrogen-bond donors (Lipinski definition) is 5. The third kappa shape index (κ3) is 3.74. The number of rotatable bonds is 4. The van der Waals surface area contributed by atoms with Gasteiger partial charge in [0.15, 0.2) is 0 Å². The van der Waals surface area contributed by atoms with Crippen LogP contribution in [-0.4, -0.2) is 62.3 Å². The molecule has 26 heavy (non-hydrogen) atoms. The Balaban J connectivity index is 1.81. The van der Waals surface area contributed by atoms with Gasteiger partial charge in [-0.2, -0.15) is 0 Å². The summed E-state index contributed by atoms with van der Waals surface area (Å²) in [5, 5.41) is 42.0. The predicted molar refractivity (Wildman–Crippen MR) is 91.4 cm³/mol. The van der Waals surface area contributed by atoms with Gasteiger partial charge in [0.2, 0.25) is 0 Å². The molecule has 8 nitrogen and oxygen atoms in total. The van der Waals surface area contributed by atoms with Gasteiger partial charge in [0.05, 0.1) is 18.5 Å². The van der Waals surface area contributed by atoms with Crippen LogP contribution in [0.25, 0.3) is 0 Å². The van der Waals surface area contributed by atoms with Crippen LogP contribution in [0.3, 0.4) is 0 Å². The third-order valence-electron chi connectivity index (χ3n) is 4.29. The highest BCUT2D eigenvalue weighted by Crippen LogP contribution is 2.32. The summed E-state index contributed by atoms with van der Waals surface area (Å²) in [6.45, 7) is -0.511. The number of amides is 1. The van der Waals surface area contributed by atoms with Crippen LogP contribution in [0.15, 0.2) is 48.8 Å². The third-order valence-corrected chi connectivity index (χ3v) is 4.29. The molecule has 1 aliphatic rings. The fourth-order valence-corrected chi connectivity index (χ4v) is 2.87. The lowest BCUT2D eigenvalue weighted by atomic mass is 9.90.